The number of unbranched alkanes of at least 4 members (excludes halogenated alkanes) is 17. The Hall–Kier alpha value is -4.87. The summed E-state index contributed by atoms with van der Waals surface area (Å²) in [5.41, 5.74) is 2.52. The molecule has 3 rings (SSSR count). The molecule has 2 aromatic rings. The van der Waals surface area contributed by atoms with Crippen LogP contribution in [0.25, 0.3) is 11.1 Å². The fourth-order valence-corrected chi connectivity index (χ4v) is 12.4. The van der Waals surface area contributed by atoms with Gasteiger partial charge in [0.25, 0.3) is 0 Å². The molecule has 5 N–H and O–H groups in total. The number of carboxylic acid groups (broad SMARTS) is 1. The Morgan fingerprint density at radius 3 is 1.53 bits per heavy atom. The molecule has 18 nitrogen and oxygen atoms in total. The van der Waals surface area contributed by atoms with Gasteiger partial charge in [-0.05, 0) is 123 Å². The quantitative estimate of drug-likeness (QED) is 0.0235. The Kier molecular flexibility index (Phi) is 34.0. The molecule has 0 saturated heterocycles. The van der Waals surface area contributed by atoms with E-state index in [1.165, 1.54) is 64.2 Å². The fourth-order valence-electron chi connectivity index (χ4n) is 9.88. The van der Waals surface area contributed by atoms with E-state index >= 15 is 0 Å². The average molecular weight is 1190 g/mol. The number of carboxylic acids is 1. The van der Waals surface area contributed by atoms with Crippen LogP contribution in [0.2, 0.25) is 0 Å². The Morgan fingerprint density at radius 1 is 0.518 bits per heavy atom. The maximum atomic E-state index is 13.4. The molecule has 0 aromatic heterocycles. The summed E-state index contributed by atoms with van der Waals surface area (Å²) in [6, 6.07) is 13.8. The Morgan fingerprint density at radius 2 is 1.01 bits per heavy atom. The minimum absolute atomic E-state index is 0.00146. The standard InChI is InChI=1S/C64H105N4O14P/c1-62(2,3)80-60(74)55(67-57(70)38-25-23-21-19-17-15-13-11-10-12-14-16-18-20-22-24-32-46-83(76,81-63(4,5)6)82-64(7,8)9)39-40-56(69)66-42-43-77-44-45-78-48-58(71)65-41-31-30-37-54(59(72)73)68-61(75)79-47-53-51-35-28-26-33-49(51)50-34-27-29-36-52(50)53/h26-29,33-36,53-55H,10-25,30-32,37-48H2,1-9H3,(H,65,71)(H,66,69)(H,67,70)(H,68,75)(H,72,73)/t54-,55-/m0/s1. The SMILES string of the molecule is CC(C)(C)OC(=O)[C@H](CCC(=O)NCCOCCOCC(=O)NCCCC[C@H](NC(=O)OCC1c2ccccc2-c2ccccc21)C(=O)O)NC(=O)CCCCCCCCCCCCCCCCCCCP(=O)(OC(C)(C)C)OC(C)(C)C. The van der Waals surface area contributed by atoms with Crippen LogP contribution in [0.15, 0.2) is 48.5 Å². The molecule has 0 radical (unpaired) electrons. The first-order valence-corrected chi connectivity index (χ1v) is 32.6. The van der Waals surface area contributed by atoms with Crippen molar-refractivity contribution in [1.29, 1.82) is 0 Å². The largest absolute Gasteiger partial charge is 0.480 e. The Balaban J connectivity index is 1.14. The third kappa shape index (κ3) is 33.4. The van der Waals surface area contributed by atoms with Crippen molar-refractivity contribution in [1.82, 2.24) is 21.3 Å². The number of alkyl carbamates (subject to hydrolysis) is 1. The molecule has 0 fully saturated rings. The Labute approximate surface area is 497 Å². The molecule has 0 spiro atoms. The average Bonchev–Trinajstić information content (AvgIpc) is 2.02. The molecule has 83 heavy (non-hydrogen) atoms. The van der Waals surface area contributed by atoms with Crippen LogP contribution in [-0.4, -0.2) is 122 Å². The zero-order valence-corrected chi connectivity index (χ0v) is 52.9. The first kappa shape index (κ1) is 72.4. The molecular formula is C64H105N4O14P. The van der Waals surface area contributed by atoms with Crippen LogP contribution in [0.1, 0.15) is 227 Å². The van der Waals surface area contributed by atoms with Crippen LogP contribution < -0.4 is 21.3 Å². The topological polar surface area (TPSA) is 243 Å². The summed E-state index contributed by atoms with van der Waals surface area (Å²) in [6.07, 6.45) is 20.5. The molecule has 470 valence electrons. The number of amides is 4. The lowest BCUT2D eigenvalue weighted by Gasteiger charge is -2.32. The zero-order valence-electron chi connectivity index (χ0n) is 52.0. The maximum absolute atomic E-state index is 13.4. The number of aliphatic carboxylic acids is 1. The number of rotatable bonds is 44. The van der Waals surface area contributed by atoms with Gasteiger partial charge in [0.15, 0.2) is 0 Å². The second kappa shape index (κ2) is 39.0. The molecule has 2 aromatic carbocycles. The second-order valence-electron chi connectivity index (χ2n) is 24.9. The lowest BCUT2D eigenvalue weighted by atomic mass is 9.98. The van der Waals surface area contributed by atoms with E-state index in [4.69, 9.17) is 28.0 Å². The number of ether oxygens (including phenoxy) is 4. The van der Waals surface area contributed by atoms with Crippen molar-refractivity contribution >= 4 is 43.3 Å². The highest BCUT2D eigenvalue weighted by Gasteiger charge is 2.35. The normalized spacial score (nSPS) is 13.4. The van der Waals surface area contributed by atoms with E-state index in [1.54, 1.807) is 20.8 Å². The van der Waals surface area contributed by atoms with Crippen molar-refractivity contribution in [3.05, 3.63) is 59.7 Å². The second-order valence-corrected chi connectivity index (χ2v) is 27.0. The summed E-state index contributed by atoms with van der Waals surface area (Å²) in [4.78, 5) is 75.4. The summed E-state index contributed by atoms with van der Waals surface area (Å²) >= 11 is 0. The third-order valence-corrected chi connectivity index (χ3v) is 16.2. The molecule has 2 atom stereocenters. The smallest absolute Gasteiger partial charge is 0.407 e. The number of carbonyl (C=O) groups is 6. The third-order valence-electron chi connectivity index (χ3n) is 13.7. The van der Waals surface area contributed by atoms with E-state index in [1.807, 2.05) is 90.1 Å². The van der Waals surface area contributed by atoms with Gasteiger partial charge in [0.2, 0.25) is 17.7 Å². The van der Waals surface area contributed by atoms with Gasteiger partial charge < -0.3 is 54.4 Å². The first-order chi connectivity index (χ1) is 39.3. The summed E-state index contributed by atoms with van der Waals surface area (Å²) in [5, 5.41) is 20.5. The lowest BCUT2D eigenvalue weighted by molar-refractivity contribution is -0.159. The molecule has 0 aliphatic heterocycles. The van der Waals surface area contributed by atoms with Gasteiger partial charge in [-0.2, -0.15) is 0 Å². The van der Waals surface area contributed by atoms with Crippen molar-refractivity contribution in [3.63, 3.8) is 0 Å². The number of benzene rings is 2. The van der Waals surface area contributed by atoms with Crippen LogP contribution >= 0.6 is 7.60 Å². The summed E-state index contributed by atoms with van der Waals surface area (Å²) in [6.45, 7) is 17.7. The van der Waals surface area contributed by atoms with Crippen LogP contribution in [0, 0.1) is 0 Å². The Bertz CT molecular complexity index is 2230. The first-order valence-electron chi connectivity index (χ1n) is 30.9. The van der Waals surface area contributed by atoms with E-state index in [9.17, 15) is 38.4 Å². The van der Waals surface area contributed by atoms with Crippen molar-refractivity contribution in [2.24, 2.45) is 0 Å². The number of hydrogen-bond acceptors (Lipinski definition) is 13. The molecule has 1 aliphatic rings. The molecule has 0 heterocycles. The summed E-state index contributed by atoms with van der Waals surface area (Å²) in [5.74, 6) is -2.78. The molecule has 0 unspecified atom stereocenters. The molecule has 19 heteroatoms. The molecule has 0 bridgehead atoms. The van der Waals surface area contributed by atoms with E-state index in [0.29, 0.717) is 32.0 Å². The van der Waals surface area contributed by atoms with Crippen LogP contribution in [0.4, 0.5) is 4.79 Å². The number of hydrogen-bond donors (Lipinski definition) is 5. The van der Waals surface area contributed by atoms with Crippen LogP contribution in [0.5, 0.6) is 0 Å². The highest BCUT2D eigenvalue weighted by molar-refractivity contribution is 7.53. The van der Waals surface area contributed by atoms with Gasteiger partial charge in [0, 0.05) is 31.8 Å². The monoisotopic (exact) mass is 1180 g/mol. The van der Waals surface area contributed by atoms with Crippen LogP contribution in [0.3, 0.4) is 0 Å². The van der Waals surface area contributed by atoms with Crippen molar-refractivity contribution < 1.29 is 66.4 Å². The van der Waals surface area contributed by atoms with Gasteiger partial charge >= 0.3 is 25.6 Å². The van der Waals surface area contributed by atoms with Crippen LogP contribution in [-0.2, 0) is 56.5 Å². The molecule has 1 aliphatic carbocycles. The highest BCUT2D eigenvalue weighted by Crippen LogP contribution is 2.55. The van der Waals surface area contributed by atoms with Crippen molar-refractivity contribution in [2.45, 2.75) is 245 Å². The van der Waals surface area contributed by atoms with E-state index in [0.717, 1.165) is 67.2 Å². The predicted octanol–water partition coefficient (Wildman–Crippen LogP) is 12.9. The number of fused-ring (bicyclic) bond motifs is 3. The minimum atomic E-state index is -3.14. The van der Waals surface area contributed by atoms with Gasteiger partial charge in [0.05, 0.1) is 37.2 Å². The van der Waals surface area contributed by atoms with Gasteiger partial charge in [-0.25, -0.2) is 14.4 Å². The predicted molar refractivity (Wildman–Crippen MR) is 325 cm³/mol. The maximum Gasteiger partial charge on any atom is 0.407 e. The fraction of sp³-hybridized carbons (Fsp3) is 0.719. The van der Waals surface area contributed by atoms with Gasteiger partial charge in [-0.3, -0.25) is 18.9 Å². The molecule has 4 amide bonds. The molecular weight excluding hydrogens is 1080 g/mol. The summed E-state index contributed by atoms with van der Waals surface area (Å²) < 4.78 is 47.2. The number of esters is 1. The van der Waals surface area contributed by atoms with Crippen molar-refractivity contribution in [3.8, 4) is 11.1 Å². The van der Waals surface area contributed by atoms with E-state index in [2.05, 4.69) is 21.3 Å². The zero-order chi connectivity index (χ0) is 61.2. The lowest BCUT2D eigenvalue weighted by Crippen LogP contribution is -2.44. The summed E-state index contributed by atoms with van der Waals surface area (Å²) in [7, 11) is -3.14. The minimum Gasteiger partial charge on any atom is -0.480 e. The van der Waals surface area contributed by atoms with E-state index in [-0.39, 0.29) is 82.5 Å². The van der Waals surface area contributed by atoms with Gasteiger partial charge in [-0.15, -0.1) is 0 Å². The van der Waals surface area contributed by atoms with Crippen molar-refractivity contribution in [2.75, 3.05) is 52.3 Å². The van der Waals surface area contributed by atoms with E-state index < -0.39 is 54.5 Å². The number of carbonyl (C=O) groups excluding carboxylic acids is 5. The van der Waals surface area contributed by atoms with Gasteiger partial charge in [0.1, 0.15) is 30.9 Å². The number of nitrogens with one attached hydrogen (secondary N) is 4. The highest BCUT2D eigenvalue weighted by atomic mass is 31.2. The van der Waals surface area contributed by atoms with Gasteiger partial charge in [-0.1, -0.05) is 145 Å². The molecule has 0 saturated carbocycles.